The second kappa shape index (κ2) is 3.87. The van der Waals surface area contributed by atoms with E-state index in [0.29, 0.717) is 12.8 Å². The van der Waals surface area contributed by atoms with Gasteiger partial charge in [-0.3, -0.25) is 4.79 Å². The molecule has 0 heterocycles. The van der Waals surface area contributed by atoms with Crippen molar-refractivity contribution in [2.75, 3.05) is 0 Å². The standard InChI is InChI=1S/C8H14O4/c1-7(9)11-8(12-10)5-3-2-4-6-8/h10H,2-6H2,1H3. The number of carbonyl (C=O) groups excluding carboxylic acids is 1. The second-order valence-electron chi connectivity index (χ2n) is 3.16. The molecule has 1 rings (SSSR count). The zero-order chi connectivity index (χ0) is 9.03. The number of carbonyl (C=O) groups is 1. The van der Waals surface area contributed by atoms with Gasteiger partial charge in [0.2, 0.25) is 5.79 Å². The molecule has 12 heavy (non-hydrogen) atoms. The fourth-order valence-corrected chi connectivity index (χ4v) is 1.56. The van der Waals surface area contributed by atoms with Gasteiger partial charge in [-0.05, 0) is 12.8 Å². The lowest BCUT2D eigenvalue weighted by Crippen LogP contribution is -2.38. The minimum absolute atomic E-state index is 0.411. The van der Waals surface area contributed by atoms with Crippen molar-refractivity contribution in [3.63, 3.8) is 0 Å². The third kappa shape index (κ3) is 2.19. The highest BCUT2D eigenvalue weighted by atomic mass is 17.1. The van der Waals surface area contributed by atoms with Gasteiger partial charge in [0.15, 0.2) is 0 Å². The maximum absolute atomic E-state index is 10.7. The summed E-state index contributed by atoms with van der Waals surface area (Å²) in [5, 5.41) is 8.61. The fraction of sp³-hybridized carbons (Fsp3) is 0.875. The average molecular weight is 174 g/mol. The minimum atomic E-state index is -1.05. The molecule has 70 valence electrons. The number of hydrogen-bond acceptors (Lipinski definition) is 4. The molecule has 1 aliphatic rings. The molecule has 4 nitrogen and oxygen atoms in total. The molecule has 0 spiro atoms. The van der Waals surface area contributed by atoms with E-state index >= 15 is 0 Å². The monoisotopic (exact) mass is 174 g/mol. The van der Waals surface area contributed by atoms with Crippen LogP contribution < -0.4 is 0 Å². The maximum Gasteiger partial charge on any atom is 0.305 e. The Morgan fingerprint density at radius 1 is 1.33 bits per heavy atom. The minimum Gasteiger partial charge on any atom is -0.431 e. The van der Waals surface area contributed by atoms with Crippen LogP contribution in [0.4, 0.5) is 0 Å². The number of esters is 1. The molecule has 0 aromatic carbocycles. The van der Waals surface area contributed by atoms with Crippen molar-refractivity contribution in [2.45, 2.75) is 44.8 Å². The molecule has 0 radical (unpaired) electrons. The predicted octanol–water partition coefficient (Wildman–Crippen LogP) is 1.70. The van der Waals surface area contributed by atoms with Crippen LogP contribution in [0.1, 0.15) is 39.0 Å². The number of rotatable bonds is 2. The molecule has 1 aliphatic carbocycles. The Bertz CT molecular complexity index is 160. The van der Waals surface area contributed by atoms with Gasteiger partial charge in [0.05, 0.1) is 0 Å². The van der Waals surface area contributed by atoms with Crippen molar-refractivity contribution in [3.8, 4) is 0 Å². The highest BCUT2D eigenvalue weighted by Crippen LogP contribution is 2.31. The average Bonchev–Trinajstić information content (AvgIpc) is 2.05. The third-order valence-electron chi connectivity index (χ3n) is 2.11. The summed E-state index contributed by atoms with van der Waals surface area (Å²) < 4.78 is 4.92. The van der Waals surface area contributed by atoms with Gasteiger partial charge in [-0.25, -0.2) is 5.26 Å². The van der Waals surface area contributed by atoms with E-state index in [4.69, 9.17) is 9.99 Å². The molecule has 0 bridgehead atoms. The zero-order valence-electron chi connectivity index (χ0n) is 7.21. The van der Waals surface area contributed by atoms with Crippen LogP contribution in [0.5, 0.6) is 0 Å². The fourth-order valence-electron chi connectivity index (χ4n) is 1.56. The van der Waals surface area contributed by atoms with Crippen LogP contribution in [0, 0.1) is 0 Å². The van der Waals surface area contributed by atoms with Gasteiger partial charge < -0.3 is 4.74 Å². The predicted molar refractivity (Wildman–Crippen MR) is 41.3 cm³/mol. The van der Waals surface area contributed by atoms with Gasteiger partial charge in [-0.2, -0.15) is 4.89 Å². The highest BCUT2D eigenvalue weighted by molar-refractivity contribution is 5.66. The number of ether oxygens (including phenoxy) is 1. The van der Waals surface area contributed by atoms with Crippen LogP contribution in [-0.4, -0.2) is 17.0 Å². The largest absolute Gasteiger partial charge is 0.431 e. The lowest BCUT2D eigenvalue weighted by Gasteiger charge is -2.32. The molecule has 0 unspecified atom stereocenters. The SMILES string of the molecule is CC(=O)OC1(OO)CCCCC1. The van der Waals surface area contributed by atoms with E-state index in [-0.39, 0.29) is 0 Å². The van der Waals surface area contributed by atoms with Crippen LogP contribution >= 0.6 is 0 Å². The molecule has 0 amide bonds. The molecule has 1 N–H and O–H groups in total. The Balaban J connectivity index is 2.53. The van der Waals surface area contributed by atoms with Crippen LogP contribution in [0.3, 0.4) is 0 Å². The lowest BCUT2D eigenvalue weighted by molar-refractivity contribution is -0.399. The first-order chi connectivity index (χ1) is 5.68. The summed E-state index contributed by atoms with van der Waals surface area (Å²) in [7, 11) is 0. The van der Waals surface area contributed by atoms with Crippen molar-refractivity contribution in [3.05, 3.63) is 0 Å². The Labute approximate surface area is 71.4 Å². The Morgan fingerprint density at radius 2 is 1.92 bits per heavy atom. The summed E-state index contributed by atoms with van der Waals surface area (Å²) in [5.41, 5.74) is 0. The van der Waals surface area contributed by atoms with E-state index in [9.17, 15) is 4.79 Å². The van der Waals surface area contributed by atoms with Crippen molar-refractivity contribution in [2.24, 2.45) is 0 Å². The summed E-state index contributed by atoms with van der Waals surface area (Å²) >= 11 is 0. The van der Waals surface area contributed by atoms with Crippen LogP contribution in [-0.2, 0) is 14.4 Å². The molecule has 0 atom stereocenters. The van der Waals surface area contributed by atoms with Crippen LogP contribution in [0.15, 0.2) is 0 Å². The van der Waals surface area contributed by atoms with Gasteiger partial charge in [0.1, 0.15) is 0 Å². The van der Waals surface area contributed by atoms with Crippen molar-refractivity contribution in [1.82, 2.24) is 0 Å². The van der Waals surface area contributed by atoms with E-state index in [1.54, 1.807) is 0 Å². The molecule has 0 aromatic rings. The molecule has 0 saturated heterocycles. The summed E-state index contributed by atoms with van der Waals surface area (Å²) in [6, 6.07) is 0. The van der Waals surface area contributed by atoms with Crippen LogP contribution in [0.25, 0.3) is 0 Å². The highest BCUT2D eigenvalue weighted by Gasteiger charge is 2.36. The normalized spacial score (nSPS) is 21.8. The number of hydrogen-bond donors (Lipinski definition) is 1. The molecule has 1 saturated carbocycles. The first-order valence-electron chi connectivity index (χ1n) is 4.21. The molecule has 0 aliphatic heterocycles. The first-order valence-corrected chi connectivity index (χ1v) is 4.21. The second-order valence-corrected chi connectivity index (χ2v) is 3.16. The van der Waals surface area contributed by atoms with Gasteiger partial charge in [0.25, 0.3) is 0 Å². The van der Waals surface area contributed by atoms with Crippen molar-refractivity contribution < 1.29 is 19.7 Å². The van der Waals surface area contributed by atoms with E-state index in [0.717, 1.165) is 19.3 Å². The van der Waals surface area contributed by atoms with Crippen molar-refractivity contribution in [1.29, 1.82) is 0 Å². The first kappa shape index (κ1) is 9.48. The maximum atomic E-state index is 10.7. The molecular weight excluding hydrogens is 160 g/mol. The van der Waals surface area contributed by atoms with E-state index < -0.39 is 11.8 Å². The Kier molecular flexibility index (Phi) is 3.05. The van der Waals surface area contributed by atoms with E-state index in [1.165, 1.54) is 6.92 Å². The smallest absolute Gasteiger partial charge is 0.305 e. The quantitative estimate of drug-likeness (QED) is 0.299. The van der Waals surface area contributed by atoms with Crippen molar-refractivity contribution >= 4 is 5.97 Å². The van der Waals surface area contributed by atoms with E-state index in [1.807, 2.05) is 0 Å². The van der Waals surface area contributed by atoms with Gasteiger partial charge in [0, 0.05) is 19.8 Å². The molecule has 4 heteroatoms. The summed E-state index contributed by atoms with van der Waals surface area (Å²) in [6.45, 7) is 1.31. The third-order valence-corrected chi connectivity index (χ3v) is 2.11. The summed E-state index contributed by atoms with van der Waals surface area (Å²) in [5.74, 6) is -1.46. The molecule has 1 fully saturated rings. The van der Waals surface area contributed by atoms with E-state index in [2.05, 4.69) is 4.89 Å². The topological polar surface area (TPSA) is 55.8 Å². The zero-order valence-corrected chi connectivity index (χ0v) is 7.21. The molecule has 0 aromatic heterocycles. The Hall–Kier alpha value is -0.610. The van der Waals surface area contributed by atoms with Gasteiger partial charge >= 0.3 is 5.97 Å². The Morgan fingerprint density at radius 3 is 2.33 bits per heavy atom. The molecular formula is C8H14O4. The van der Waals surface area contributed by atoms with Crippen LogP contribution in [0.2, 0.25) is 0 Å². The lowest BCUT2D eigenvalue weighted by atomic mass is 9.94. The van der Waals surface area contributed by atoms with Gasteiger partial charge in [-0.1, -0.05) is 6.42 Å². The summed E-state index contributed by atoms with van der Waals surface area (Å²) in [6.07, 6.45) is 4.13. The van der Waals surface area contributed by atoms with Gasteiger partial charge in [-0.15, -0.1) is 0 Å². The summed E-state index contributed by atoms with van der Waals surface area (Å²) in [4.78, 5) is 14.9.